The van der Waals surface area contributed by atoms with Gasteiger partial charge in [-0.15, -0.1) is 0 Å². The number of rotatable bonds is 8. The van der Waals surface area contributed by atoms with Crippen molar-refractivity contribution in [3.8, 4) is 11.3 Å². The molecule has 1 fully saturated rings. The lowest BCUT2D eigenvalue weighted by Crippen LogP contribution is -2.50. The van der Waals surface area contributed by atoms with Crippen molar-refractivity contribution < 1.29 is 30.7 Å². The standard InChI is InChI=1S/C30H31F4N7O3S/c1-16(2)29-39-26(27-28(35)37-13-24(41(27)29)17-3-6-19(7-4-17)38-20-14-44-15-20)18-5-9-23(22(31)11-18)40-45(42,43)21-8-10-25(36-12-21)30(32,33)34/h3,5,8-13,16,19-20,38,40H,4,6-7,14-15H2,1-2H3,(H2,35,37). The van der Waals surface area contributed by atoms with Crippen molar-refractivity contribution in [1.82, 2.24) is 24.7 Å². The van der Waals surface area contributed by atoms with Gasteiger partial charge in [0.2, 0.25) is 0 Å². The van der Waals surface area contributed by atoms with Gasteiger partial charge in [-0.3, -0.25) is 14.1 Å². The number of alkyl halides is 3. The fourth-order valence-electron chi connectivity index (χ4n) is 5.52. The number of hydrogen-bond donors (Lipinski definition) is 3. The molecule has 2 aliphatic rings. The Kier molecular flexibility index (Phi) is 8.03. The summed E-state index contributed by atoms with van der Waals surface area (Å²) in [7, 11) is -4.44. The monoisotopic (exact) mass is 645 g/mol. The van der Waals surface area contributed by atoms with Crippen LogP contribution in [0.4, 0.5) is 29.1 Å². The van der Waals surface area contributed by atoms with Gasteiger partial charge in [0.05, 0.1) is 36.8 Å². The maximum atomic E-state index is 15.4. The fraction of sp³-hybridized carbons (Fsp3) is 0.367. The highest BCUT2D eigenvalue weighted by Gasteiger charge is 2.33. The zero-order valence-electron chi connectivity index (χ0n) is 24.4. The number of ether oxygens (including phenoxy) is 1. The van der Waals surface area contributed by atoms with Gasteiger partial charge in [0.15, 0.2) is 0 Å². The van der Waals surface area contributed by atoms with Crippen LogP contribution in [-0.4, -0.2) is 53.1 Å². The zero-order chi connectivity index (χ0) is 32.1. The van der Waals surface area contributed by atoms with Crippen LogP contribution >= 0.6 is 0 Å². The third kappa shape index (κ3) is 6.11. The lowest BCUT2D eigenvalue weighted by atomic mass is 9.92. The van der Waals surface area contributed by atoms with Gasteiger partial charge in [-0.25, -0.2) is 22.8 Å². The topological polar surface area (TPSA) is 137 Å². The molecule has 6 rings (SSSR count). The summed E-state index contributed by atoms with van der Waals surface area (Å²) in [4.78, 5) is 11.9. The molecular weight excluding hydrogens is 614 g/mol. The molecule has 1 saturated heterocycles. The minimum Gasteiger partial charge on any atom is -0.382 e. The van der Waals surface area contributed by atoms with Gasteiger partial charge >= 0.3 is 6.18 Å². The van der Waals surface area contributed by atoms with Gasteiger partial charge in [0.1, 0.15) is 39.3 Å². The van der Waals surface area contributed by atoms with Crippen molar-refractivity contribution in [2.24, 2.45) is 0 Å². The van der Waals surface area contributed by atoms with E-state index in [0.717, 1.165) is 55.9 Å². The highest BCUT2D eigenvalue weighted by atomic mass is 32.2. The lowest BCUT2D eigenvalue weighted by molar-refractivity contribution is -0.141. The summed E-state index contributed by atoms with van der Waals surface area (Å²) in [6, 6.07) is 5.88. The van der Waals surface area contributed by atoms with E-state index in [0.29, 0.717) is 46.9 Å². The van der Waals surface area contributed by atoms with E-state index in [1.165, 1.54) is 12.1 Å². The van der Waals surface area contributed by atoms with Crippen molar-refractivity contribution >= 4 is 32.6 Å². The van der Waals surface area contributed by atoms with E-state index in [1.54, 1.807) is 6.20 Å². The predicted molar refractivity (Wildman–Crippen MR) is 160 cm³/mol. The maximum Gasteiger partial charge on any atom is 0.433 e. The molecule has 0 bridgehead atoms. The number of allylic oxidation sites excluding steroid dienone is 1. The van der Waals surface area contributed by atoms with Crippen molar-refractivity contribution in [3.05, 3.63) is 71.8 Å². The van der Waals surface area contributed by atoms with Crippen LogP contribution in [-0.2, 0) is 20.9 Å². The molecule has 10 nitrogen and oxygen atoms in total. The molecule has 0 saturated carbocycles. The molecule has 4 N–H and O–H groups in total. The number of halogens is 4. The molecule has 45 heavy (non-hydrogen) atoms. The Labute approximate surface area is 256 Å². The summed E-state index contributed by atoms with van der Waals surface area (Å²) in [6.07, 6.45) is 2.37. The van der Waals surface area contributed by atoms with Crippen molar-refractivity contribution in [2.45, 2.75) is 62.2 Å². The average molecular weight is 646 g/mol. The highest BCUT2D eigenvalue weighted by Crippen LogP contribution is 2.37. The van der Waals surface area contributed by atoms with Crippen LogP contribution in [0.15, 0.2) is 53.7 Å². The van der Waals surface area contributed by atoms with E-state index >= 15 is 4.39 Å². The first kappa shape index (κ1) is 30.9. The summed E-state index contributed by atoms with van der Waals surface area (Å²) >= 11 is 0. The van der Waals surface area contributed by atoms with Gasteiger partial charge in [-0.1, -0.05) is 26.0 Å². The Morgan fingerprint density at radius 1 is 1.09 bits per heavy atom. The van der Waals surface area contributed by atoms with Crippen LogP contribution < -0.4 is 15.8 Å². The van der Waals surface area contributed by atoms with E-state index in [4.69, 9.17) is 15.5 Å². The van der Waals surface area contributed by atoms with Crippen LogP contribution in [0.3, 0.4) is 0 Å². The largest absolute Gasteiger partial charge is 0.433 e. The number of pyridine rings is 1. The summed E-state index contributed by atoms with van der Waals surface area (Å²) in [5.41, 5.74) is 7.92. The van der Waals surface area contributed by atoms with E-state index < -0.39 is 38.3 Å². The van der Waals surface area contributed by atoms with Gasteiger partial charge < -0.3 is 15.8 Å². The number of nitrogens with zero attached hydrogens (tertiary/aromatic N) is 4. The number of nitrogens with one attached hydrogen (secondary N) is 2. The summed E-state index contributed by atoms with van der Waals surface area (Å²) < 4.78 is 88.8. The van der Waals surface area contributed by atoms with E-state index in [9.17, 15) is 21.6 Å². The smallest absolute Gasteiger partial charge is 0.382 e. The van der Waals surface area contributed by atoms with Crippen molar-refractivity contribution in [3.63, 3.8) is 0 Å². The highest BCUT2D eigenvalue weighted by molar-refractivity contribution is 7.92. The Bertz CT molecular complexity index is 1890. The first-order valence-corrected chi connectivity index (χ1v) is 15.9. The maximum absolute atomic E-state index is 15.4. The number of nitrogen functional groups attached to an aromatic ring is 1. The van der Waals surface area contributed by atoms with Gasteiger partial charge in [0, 0.05) is 23.7 Å². The third-order valence-corrected chi connectivity index (χ3v) is 9.25. The van der Waals surface area contributed by atoms with Crippen LogP contribution in [0.25, 0.3) is 22.3 Å². The number of aromatic nitrogens is 4. The SMILES string of the molecule is CC(C)c1nc(-c2ccc(NS(=O)(=O)c3ccc(C(F)(F)F)nc3)c(F)c2)c2c(N)ncc(C3=CCC(NC4COC4)CC3)n12. The van der Waals surface area contributed by atoms with E-state index in [2.05, 4.69) is 26.1 Å². The van der Waals surface area contributed by atoms with Crippen LogP contribution in [0.2, 0.25) is 0 Å². The molecule has 3 aromatic heterocycles. The van der Waals surface area contributed by atoms with Crippen LogP contribution in [0, 0.1) is 5.82 Å². The van der Waals surface area contributed by atoms with Crippen LogP contribution in [0.1, 0.15) is 56.2 Å². The second kappa shape index (κ2) is 11.7. The molecule has 4 aromatic rings. The minimum atomic E-state index is -4.73. The second-order valence-electron chi connectivity index (χ2n) is 11.5. The number of sulfonamides is 1. The molecule has 0 radical (unpaired) electrons. The lowest BCUT2D eigenvalue weighted by Gasteiger charge is -2.33. The Morgan fingerprint density at radius 3 is 2.44 bits per heavy atom. The zero-order valence-corrected chi connectivity index (χ0v) is 25.2. The number of benzene rings is 1. The molecule has 238 valence electrons. The second-order valence-corrected chi connectivity index (χ2v) is 13.1. The molecule has 0 spiro atoms. The predicted octanol–water partition coefficient (Wildman–Crippen LogP) is 5.38. The van der Waals surface area contributed by atoms with Gasteiger partial charge in [-0.2, -0.15) is 13.2 Å². The number of nitrogens with two attached hydrogens (primary N) is 1. The third-order valence-electron chi connectivity index (χ3n) is 7.90. The Morgan fingerprint density at radius 2 is 1.87 bits per heavy atom. The van der Waals surface area contributed by atoms with Crippen molar-refractivity contribution in [2.75, 3.05) is 23.7 Å². The molecule has 1 aliphatic heterocycles. The molecule has 15 heteroatoms. The molecule has 1 aromatic carbocycles. The number of fused-ring (bicyclic) bond motifs is 1. The molecular formula is C30H31F4N7O3S. The first-order valence-electron chi connectivity index (χ1n) is 14.4. The average Bonchev–Trinajstić information content (AvgIpc) is 3.38. The molecule has 0 amide bonds. The van der Waals surface area contributed by atoms with Gasteiger partial charge in [0.25, 0.3) is 10.0 Å². The summed E-state index contributed by atoms with van der Waals surface area (Å²) in [6.45, 7) is 5.44. The quantitative estimate of drug-likeness (QED) is 0.217. The first-order chi connectivity index (χ1) is 21.3. The molecule has 1 atom stereocenters. The number of hydrogen-bond acceptors (Lipinski definition) is 8. The number of anilines is 2. The minimum absolute atomic E-state index is 0.0303. The molecule has 1 aliphatic carbocycles. The Hall–Kier alpha value is -4.08. The van der Waals surface area contributed by atoms with Crippen LogP contribution in [0.5, 0.6) is 0 Å². The summed E-state index contributed by atoms with van der Waals surface area (Å²) in [5, 5.41) is 3.62. The summed E-state index contributed by atoms with van der Waals surface area (Å²) in [5.74, 6) is -0.0421. The van der Waals surface area contributed by atoms with E-state index in [-0.39, 0.29) is 11.7 Å². The van der Waals surface area contributed by atoms with Gasteiger partial charge in [-0.05, 0) is 49.1 Å². The Balaban J connectivity index is 1.32. The fourth-order valence-corrected chi connectivity index (χ4v) is 6.53. The molecule has 1 unspecified atom stereocenters. The number of imidazole rings is 1. The van der Waals surface area contributed by atoms with E-state index in [1.807, 2.05) is 18.2 Å². The normalized spacial score (nSPS) is 17.8. The molecule has 4 heterocycles. The van der Waals surface area contributed by atoms with Crippen molar-refractivity contribution in [1.29, 1.82) is 0 Å².